The molecule has 0 bridgehead atoms. The molecule has 3 aliphatic rings. The second kappa shape index (κ2) is 11.0. The van der Waals surface area contributed by atoms with Crippen LogP contribution in [0.1, 0.15) is 67.9 Å². The van der Waals surface area contributed by atoms with Crippen LogP contribution in [-0.2, 0) is 19.1 Å². The van der Waals surface area contributed by atoms with Crippen molar-refractivity contribution >= 4 is 40.0 Å². The summed E-state index contributed by atoms with van der Waals surface area (Å²) in [7, 11) is 2.66. The van der Waals surface area contributed by atoms with E-state index in [1.165, 1.54) is 25.4 Å². The number of aromatic nitrogens is 1. The lowest BCUT2D eigenvalue weighted by Crippen LogP contribution is -2.47. The van der Waals surface area contributed by atoms with Crippen molar-refractivity contribution in [3.8, 4) is 5.75 Å². The number of benzene rings is 1. The highest BCUT2D eigenvalue weighted by atomic mass is 19.1. The molecule has 3 unspecified atom stereocenters. The summed E-state index contributed by atoms with van der Waals surface area (Å²) in [6.45, 7) is 7.54. The van der Waals surface area contributed by atoms with Gasteiger partial charge in [0.2, 0.25) is 11.8 Å². The van der Waals surface area contributed by atoms with Crippen LogP contribution < -0.4 is 15.4 Å². The lowest BCUT2D eigenvalue weighted by atomic mass is 9.73. The molecule has 43 heavy (non-hydrogen) atoms. The number of likely N-dealkylation sites (N-methyl/N-ethyl adjacent to an activating group) is 1. The van der Waals surface area contributed by atoms with E-state index in [4.69, 9.17) is 9.47 Å². The first-order chi connectivity index (χ1) is 20.3. The Morgan fingerprint density at radius 1 is 1.14 bits per heavy atom. The average molecular weight is 590 g/mol. The standard InChI is InChI=1S/C33H36FN3O6/c1-32(2,3)37-29(39)18-9-7-8-17(14-18)21-15-22-25(30(40)35-5)33(4,19-10-12-20(34)13-11-19)43-28(22)24-23(16-36-26(21)24)27(38)31(41)42-6/h7-8,10,12-16,18-19,25,36H,9,11H2,1-6H3,(H,35,40)(H,37,39)/t18?,19-,25?,33?/m0/s1. The number of carbonyl (C=O) groups excluding carboxylic acids is 4. The second-order valence-corrected chi connectivity index (χ2v) is 12.3. The van der Waals surface area contributed by atoms with E-state index in [1.807, 2.05) is 45.1 Å². The Hall–Kier alpha value is -4.47. The maximum Gasteiger partial charge on any atom is 0.379 e. The van der Waals surface area contributed by atoms with Crippen molar-refractivity contribution in [3.05, 3.63) is 71.2 Å². The van der Waals surface area contributed by atoms with Crippen LogP contribution in [0.4, 0.5) is 4.39 Å². The van der Waals surface area contributed by atoms with E-state index in [1.54, 1.807) is 13.0 Å². The summed E-state index contributed by atoms with van der Waals surface area (Å²) >= 11 is 0. The lowest BCUT2D eigenvalue weighted by molar-refractivity contribution is -0.135. The van der Waals surface area contributed by atoms with Gasteiger partial charge in [-0.25, -0.2) is 9.18 Å². The van der Waals surface area contributed by atoms with E-state index >= 15 is 0 Å². The van der Waals surface area contributed by atoms with Gasteiger partial charge >= 0.3 is 5.97 Å². The van der Waals surface area contributed by atoms with Crippen LogP contribution in [0.3, 0.4) is 0 Å². The van der Waals surface area contributed by atoms with Crippen molar-refractivity contribution in [1.29, 1.82) is 0 Å². The number of nitrogens with one attached hydrogen (secondary N) is 3. The largest absolute Gasteiger partial charge is 0.485 e. The molecule has 0 saturated heterocycles. The molecule has 3 N–H and O–H groups in total. The normalized spacial score (nSPS) is 24.5. The highest BCUT2D eigenvalue weighted by molar-refractivity contribution is 6.43. The van der Waals surface area contributed by atoms with E-state index in [-0.39, 0.29) is 34.9 Å². The second-order valence-electron chi connectivity index (χ2n) is 12.3. The fourth-order valence-corrected chi connectivity index (χ4v) is 6.19. The number of amides is 2. The minimum Gasteiger partial charge on any atom is -0.485 e. The molecule has 1 aliphatic heterocycles. The van der Waals surface area contributed by atoms with Gasteiger partial charge in [0.1, 0.15) is 23.1 Å². The van der Waals surface area contributed by atoms with Crippen molar-refractivity contribution in [1.82, 2.24) is 15.6 Å². The van der Waals surface area contributed by atoms with E-state index in [9.17, 15) is 23.6 Å². The Morgan fingerprint density at radius 2 is 1.88 bits per heavy atom. The zero-order valence-electron chi connectivity index (χ0n) is 25.1. The number of halogens is 1. The number of methoxy groups -OCH3 is 1. The molecule has 4 atom stereocenters. The maximum atomic E-state index is 13.9. The SMILES string of the molecule is CNC(=O)C1c2cc(C3=CC(C(=O)NC(C)(C)C)CC=C3)c3[nH]cc(C(=O)C(=O)OC)c3c2OC1(C)[C@H]1C=CC(F)=CC1. The summed E-state index contributed by atoms with van der Waals surface area (Å²) in [6.07, 6.45) is 12.4. The molecule has 226 valence electrons. The molecule has 2 aromatic rings. The van der Waals surface area contributed by atoms with Crippen LogP contribution in [-0.4, -0.2) is 53.8 Å². The van der Waals surface area contributed by atoms with Gasteiger partial charge in [-0.2, -0.15) is 0 Å². The van der Waals surface area contributed by atoms with Gasteiger partial charge < -0.3 is 25.1 Å². The summed E-state index contributed by atoms with van der Waals surface area (Å²) in [5.74, 6) is -4.11. The van der Waals surface area contributed by atoms with Gasteiger partial charge in [0, 0.05) is 35.8 Å². The molecule has 9 nitrogen and oxygen atoms in total. The fraction of sp³-hybridized carbons (Fsp3) is 0.394. The average Bonchev–Trinajstić information content (AvgIpc) is 3.54. The Kier molecular flexibility index (Phi) is 7.66. The molecule has 0 saturated carbocycles. The predicted molar refractivity (Wildman–Crippen MR) is 160 cm³/mol. The number of ether oxygens (including phenoxy) is 2. The first-order valence-corrected chi connectivity index (χ1v) is 14.2. The molecule has 1 aromatic heterocycles. The number of hydrogen-bond donors (Lipinski definition) is 3. The Bertz CT molecular complexity index is 1660. The zero-order chi connectivity index (χ0) is 31.3. The van der Waals surface area contributed by atoms with Crippen LogP contribution in [0, 0.1) is 11.8 Å². The molecule has 1 aromatic carbocycles. The molecule has 5 rings (SSSR count). The number of Topliss-reactive ketones (excluding diaryl/α,β-unsaturated/α-hetero) is 1. The van der Waals surface area contributed by atoms with Crippen molar-refractivity contribution in [2.24, 2.45) is 11.8 Å². The number of esters is 1. The van der Waals surface area contributed by atoms with Gasteiger partial charge in [-0.15, -0.1) is 0 Å². The highest BCUT2D eigenvalue weighted by Gasteiger charge is 2.54. The molecule has 2 heterocycles. The number of fused-ring (bicyclic) bond motifs is 3. The fourth-order valence-electron chi connectivity index (χ4n) is 6.19. The predicted octanol–water partition coefficient (Wildman–Crippen LogP) is 4.81. The van der Waals surface area contributed by atoms with E-state index in [0.29, 0.717) is 40.4 Å². The van der Waals surface area contributed by atoms with Crippen molar-refractivity contribution in [2.45, 2.75) is 57.6 Å². The molecule has 0 radical (unpaired) electrons. The molecule has 0 spiro atoms. The Balaban J connectivity index is 1.74. The Morgan fingerprint density at radius 3 is 2.51 bits per heavy atom. The summed E-state index contributed by atoms with van der Waals surface area (Å²) in [5.41, 5.74) is 0.825. The van der Waals surface area contributed by atoms with Crippen LogP contribution in [0.25, 0.3) is 16.5 Å². The summed E-state index contributed by atoms with van der Waals surface area (Å²) in [5, 5.41) is 6.09. The molecule has 10 heteroatoms. The molecule has 2 amide bonds. The minimum atomic E-state index is -1.16. The molecular formula is C33H36FN3O6. The van der Waals surface area contributed by atoms with Gasteiger partial charge in [-0.1, -0.05) is 24.3 Å². The quantitative estimate of drug-likeness (QED) is 0.252. The molecule has 0 fully saturated rings. The number of H-pyrrole nitrogens is 1. The van der Waals surface area contributed by atoms with Gasteiger partial charge in [0.05, 0.1) is 29.5 Å². The number of rotatable bonds is 6. The van der Waals surface area contributed by atoms with Crippen molar-refractivity contribution in [3.63, 3.8) is 0 Å². The third kappa shape index (κ3) is 5.30. The first-order valence-electron chi connectivity index (χ1n) is 14.2. The van der Waals surface area contributed by atoms with Crippen molar-refractivity contribution in [2.75, 3.05) is 14.2 Å². The monoisotopic (exact) mass is 589 g/mol. The summed E-state index contributed by atoms with van der Waals surface area (Å²) in [4.78, 5) is 55.4. The molecule has 2 aliphatic carbocycles. The summed E-state index contributed by atoms with van der Waals surface area (Å²) in [6, 6.07) is 1.84. The number of aromatic amines is 1. The summed E-state index contributed by atoms with van der Waals surface area (Å²) < 4.78 is 25.3. The minimum absolute atomic E-state index is 0.0346. The van der Waals surface area contributed by atoms with E-state index in [2.05, 4.69) is 15.6 Å². The topological polar surface area (TPSA) is 127 Å². The van der Waals surface area contributed by atoms with Crippen LogP contribution in [0.2, 0.25) is 0 Å². The number of hydrogen-bond acceptors (Lipinski definition) is 6. The molecular weight excluding hydrogens is 553 g/mol. The van der Waals surface area contributed by atoms with E-state index < -0.39 is 34.7 Å². The maximum absolute atomic E-state index is 13.9. The Labute approximate surface area is 249 Å². The van der Waals surface area contributed by atoms with Gasteiger partial charge in [-0.3, -0.25) is 14.4 Å². The van der Waals surface area contributed by atoms with Crippen molar-refractivity contribution < 1.29 is 33.0 Å². The lowest BCUT2D eigenvalue weighted by Gasteiger charge is -2.36. The van der Waals surface area contributed by atoms with Gasteiger partial charge in [0.25, 0.3) is 5.78 Å². The van der Waals surface area contributed by atoms with Crippen LogP contribution in [0.15, 0.2) is 54.5 Å². The zero-order valence-corrected chi connectivity index (χ0v) is 25.1. The van der Waals surface area contributed by atoms with Gasteiger partial charge in [0.15, 0.2) is 0 Å². The first kappa shape index (κ1) is 30.0. The smallest absolute Gasteiger partial charge is 0.379 e. The van der Waals surface area contributed by atoms with Crippen LogP contribution >= 0.6 is 0 Å². The number of carbonyl (C=O) groups is 4. The number of ketones is 1. The third-order valence-electron chi connectivity index (χ3n) is 8.27. The third-order valence-corrected chi connectivity index (χ3v) is 8.27. The number of allylic oxidation sites excluding steroid dienone is 6. The highest BCUT2D eigenvalue weighted by Crippen LogP contribution is 2.55. The van der Waals surface area contributed by atoms with E-state index in [0.717, 1.165) is 7.11 Å². The van der Waals surface area contributed by atoms with Crippen LogP contribution in [0.5, 0.6) is 5.75 Å². The van der Waals surface area contributed by atoms with Gasteiger partial charge in [-0.05, 0) is 64.3 Å².